The van der Waals surface area contributed by atoms with Crippen molar-refractivity contribution in [1.82, 2.24) is 0 Å². The van der Waals surface area contributed by atoms with Gasteiger partial charge in [0.15, 0.2) is 0 Å². The summed E-state index contributed by atoms with van der Waals surface area (Å²) in [7, 11) is 0. The van der Waals surface area contributed by atoms with E-state index in [9.17, 15) is 0 Å². The van der Waals surface area contributed by atoms with Gasteiger partial charge in [0, 0.05) is 32.7 Å². The molecule has 0 aliphatic heterocycles. The molecule has 0 aromatic rings. The quantitative estimate of drug-likeness (QED) is 0.584. The van der Waals surface area contributed by atoms with Gasteiger partial charge in [-0.1, -0.05) is 19.8 Å². The summed E-state index contributed by atoms with van der Waals surface area (Å²) in [5.74, 6) is 2.38. The third-order valence-electron chi connectivity index (χ3n) is 0.816. The molecule has 0 aromatic carbocycles. The predicted molar refractivity (Wildman–Crippen MR) is 34.0 cm³/mol. The smallest absolute Gasteiger partial charge is 0 e. The van der Waals surface area contributed by atoms with Crippen molar-refractivity contribution in [3.05, 3.63) is 5.92 Å². The van der Waals surface area contributed by atoms with E-state index in [0.29, 0.717) is 0 Å². The topological polar surface area (TPSA) is 0 Å². The second-order valence-corrected chi connectivity index (χ2v) is 2.81. The van der Waals surface area contributed by atoms with E-state index in [-0.39, 0.29) is 32.7 Å². The summed E-state index contributed by atoms with van der Waals surface area (Å²) in [5.41, 5.74) is 0. The first-order valence-corrected chi connectivity index (χ1v) is 2.92. The first kappa shape index (κ1) is 11.8. The Morgan fingerprint density at radius 3 is 1.62 bits per heavy atom. The van der Waals surface area contributed by atoms with E-state index in [1.165, 1.54) is 12.3 Å². The van der Waals surface area contributed by atoms with Crippen LogP contribution in [0.1, 0.15) is 34.1 Å². The van der Waals surface area contributed by atoms with E-state index in [1.807, 2.05) is 0 Å². The van der Waals surface area contributed by atoms with Crippen LogP contribution in [0.15, 0.2) is 0 Å². The molecule has 0 saturated carbocycles. The summed E-state index contributed by atoms with van der Waals surface area (Å²) in [6, 6.07) is 0. The van der Waals surface area contributed by atoms with Crippen molar-refractivity contribution in [3.63, 3.8) is 0 Å². The van der Waals surface area contributed by atoms with Crippen molar-refractivity contribution in [1.29, 1.82) is 0 Å². The zero-order chi connectivity index (χ0) is 5.86. The molecule has 0 unspecified atom stereocenters. The largest absolute Gasteiger partial charge is 0.319 e. The number of rotatable bonds is 2. The Hall–Kier alpha value is 1.10. The molecule has 47 valence electrons. The van der Waals surface area contributed by atoms with Gasteiger partial charge in [-0.25, -0.2) is 0 Å². The molecule has 0 bridgehead atoms. The summed E-state index contributed by atoms with van der Waals surface area (Å²) >= 11 is 0. The fourth-order valence-electron chi connectivity index (χ4n) is 0.816. The molecule has 1 heteroatoms. The molecule has 1 radical (unpaired) electrons. The summed E-state index contributed by atoms with van der Waals surface area (Å²) in [4.78, 5) is 0. The molecular weight excluding hydrogens is 173 g/mol. The average Bonchev–Trinajstić information content (AvgIpc) is 1.27. The van der Waals surface area contributed by atoms with Crippen molar-refractivity contribution in [2.45, 2.75) is 34.1 Å². The molecule has 8 heavy (non-hydrogen) atoms. The Labute approximate surface area is 78.3 Å². The maximum Gasteiger partial charge on any atom is 0 e. The van der Waals surface area contributed by atoms with Crippen LogP contribution in [0.2, 0.25) is 0 Å². The minimum atomic E-state index is 0. The van der Waals surface area contributed by atoms with Crippen molar-refractivity contribution in [3.8, 4) is 0 Å². The predicted octanol–water partition coefficient (Wildman–Crippen LogP) is 2.64. The zero-order valence-corrected chi connectivity index (χ0v) is 9.20. The Bertz CT molecular complexity index is 33.7. The van der Waals surface area contributed by atoms with Gasteiger partial charge in [0.2, 0.25) is 0 Å². The molecule has 0 aliphatic rings. The van der Waals surface area contributed by atoms with Gasteiger partial charge in [-0.3, -0.25) is 0 Å². The molecule has 0 amide bonds. The summed E-state index contributed by atoms with van der Waals surface area (Å²) in [6.07, 6.45) is 1.28. The van der Waals surface area contributed by atoms with E-state index >= 15 is 0 Å². The van der Waals surface area contributed by atoms with Crippen molar-refractivity contribution < 1.29 is 32.7 Å². The SMILES string of the molecule is C[C-](C)CC(C)C.[Y]. The monoisotopic (exact) mass is 188 g/mol. The van der Waals surface area contributed by atoms with Crippen LogP contribution in [0.3, 0.4) is 0 Å². The maximum absolute atomic E-state index is 2.24. The first-order valence-electron chi connectivity index (χ1n) is 2.92. The molecule has 0 spiro atoms. The van der Waals surface area contributed by atoms with Crippen LogP contribution in [-0.2, 0) is 32.7 Å². The van der Waals surface area contributed by atoms with E-state index in [2.05, 4.69) is 27.7 Å². The van der Waals surface area contributed by atoms with Crippen LogP contribution < -0.4 is 0 Å². The Morgan fingerprint density at radius 2 is 1.62 bits per heavy atom. The van der Waals surface area contributed by atoms with Crippen LogP contribution >= 0.6 is 0 Å². The molecule has 0 aromatic heterocycles. The van der Waals surface area contributed by atoms with Crippen molar-refractivity contribution in [2.75, 3.05) is 0 Å². The summed E-state index contributed by atoms with van der Waals surface area (Å²) in [6.45, 7) is 8.85. The Kier molecular flexibility index (Phi) is 9.22. The van der Waals surface area contributed by atoms with Gasteiger partial charge in [0.05, 0.1) is 0 Å². The summed E-state index contributed by atoms with van der Waals surface area (Å²) < 4.78 is 0. The molecule has 0 aliphatic carbocycles. The van der Waals surface area contributed by atoms with Gasteiger partial charge in [-0.15, -0.1) is 0 Å². The maximum atomic E-state index is 2.24. The van der Waals surface area contributed by atoms with Crippen LogP contribution in [0, 0.1) is 11.8 Å². The molecule has 0 heterocycles. The van der Waals surface area contributed by atoms with Crippen molar-refractivity contribution >= 4 is 0 Å². The van der Waals surface area contributed by atoms with Gasteiger partial charge in [0.1, 0.15) is 0 Å². The van der Waals surface area contributed by atoms with Gasteiger partial charge < -0.3 is 5.92 Å². The standard InChI is InChI=1S/C7H15.Y/c1-6(2)5-7(3)4;/h6H,5H2,1-4H3;/q-1;. The minimum Gasteiger partial charge on any atom is -0.319 e. The third kappa shape index (κ3) is 10.2. The summed E-state index contributed by atoms with van der Waals surface area (Å²) in [5, 5.41) is 0. The zero-order valence-electron chi connectivity index (χ0n) is 6.36. The Balaban J connectivity index is 0. The number of hydrogen-bond donors (Lipinski definition) is 0. The van der Waals surface area contributed by atoms with Crippen LogP contribution in [0.25, 0.3) is 0 Å². The number of hydrogen-bond acceptors (Lipinski definition) is 0. The first-order chi connectivity index (χ1) is 3.13. The van der Waals surface area contributed by atoms with Crippen LogP contribution in [0.5, 0.6) is 0 Å². The van der Waals surface area contributed by atoms with Gasteiger partial charge in [-0.05, 0) is 0 Å². The molecule has 0 fully saturated rings. The molecule has 0 rings (SSSR count). The molecule has 0 atom stereocenters. The average molecular weight is 188 g/mol. The van der Waals surface area contributed by atoms with Crippen LogP contribution in [-0.4, -0.2) is 0 Å². The normalized spacial score (nSPS) is 9.75. The fourth-order valence-corrected chi connectivity index (χ4v) is 0.816. The second-order valence-electron chi connectivity index (χ2n) is 2.81. The minimum absolute atomic E-state index is 0. The van der Waals surface area contributed by atoms with E-state index in [0.717, 1.165) is 5.92 Å². The van der Waals surface area contributed by atoms with E-state index in [4.69, 9.17) is 0 Å². The Morgan fingerprint density at radius 1 is 1.25 bits per heavy atom. The molecule has 0 saturated heterocycles. The molecule has 0 N–H and O–H groups in total. The van der Waals surface area contributed by atoms with Gasteiger partial charge in [0.25, 0.3) is 0 Å². The second kappa shape index (κ2) is 6.23. The molecular formula is C7H15Y-. The van der Waals surface area contributed by atoms with Crippen LogP contribution in [0.4, 0.5) is 0 Å². The van der Waals surface area contributed by atoms with Gasteiger partial charge >= 0.3 is 0 Å². The van der Waals surface area contributed by atoms with Gasteiger partial charge in [-0.2, -0.15) is 20.3 Å². The molecule has 0 nitrogen and oxygen atoms in total. The fraction of sp³-hybridized carbons (Fsp3) is 0.857. The van der Waals surface area contributed by atoms with E-state index < -0.39 is 0 Å². The van der Waals surface area contributed by atoms with E-state index in [1.54, 1.807) is 0 Å². The van der Waals surface area contributed by atoms with Crippen molar-refractivity contribution in [2.24, 2.45) is 5.92 Å². The third-order valence-corrected chi connectivity index (χ3v) is 0.816.